The van der Waals surface area contributed by atoms with Crippen molar-refractivity contribution in [2.45, 2.75) is 13.0 Å². The minimum atomic E-state index is -0.255. The average Bonchev–Trinajstić information content (AvgIpc) is 3.27. The minimum Gasteiger partial charge on any atom is -0.497 e. The van der Waals surface area contributed by atoms with Gasteiger partial charge in [0, 0.05) is 5.56 Å². The summed E-state index contributed by atoms with van der Waals surface area (Å²) in [6.45, 7) is 1.94. The molecule has 5 nitrogen and oxygen atoms in total. The van der Waals surface area contributed by atoms with Crippen LogP contribution in [0.2, 0.25) is 10.0 Å². The second-order valence-corrected chi connectivity index (χ2v) is 8.08. The molecule has 0 aliphatic heterocycles. The third-order valence-electron chi connectivity index (χ3n) is 5.10. The number of aromatic nitrogens is 2. The third-order valence-corrected chi connectivity index (χ3v) is 5.84. The molecule has 0 radical (unpaired) electrons. The van der Waals surface area contributed by atoms with Gasteiger partial charge in [-0.2, -0.15) is 5.10 Å². The summed E-state index contributed by atoms with van der Waals surface area (Å²) >= 11 is 12.3. The first kappa shape index (κ1) is 21.9. The molecule has 1 heterocycles. The van der Waals surface area contributed by atoms with Crippen LogP contribution in [0.25, 0.3) is 16.9 Å². The van der Waals surface area contributed by atoms with Crippen LogP contribution in [-0.4, -0.2) is 22.8 Å². The Morgan fingerprint density at radius 2 is 1.75 bits per heavy atom. The van der Waals surface area contributed by atoms with Crippen molar-refractivity contribution in [1.29, 1.82) is 0 Å². The Kier molecular flexibility index (Phi) is 6.49. The monoisotopic (exact) mass is 465 g/mol. The highest BCUT2D eigenvalue weighted by atomic mass is 35.5. The SMILES string of the molecule is COc1cccc(-c2cc(C(=O)NC(C)c3ccccc3)n(-c3ccc(Cl)c(Cl)c3)n2)c1. The van der Waals surface area contributed by atoms with Gasteiger partial charge in [0.05, 0.1) is 34.6 Å². The van der Waals surface area contributed by atoms with E-state index in [4.69, 9.17) is 33.0 Å². The van der Waals surface area contributed by atoms with E-state index in [0.29, 0.717) is 32.9 Å². The number of benzene rings is 3. The lowest BCUT2D eigenvalue weighted by Crippen LogP contribution is -2.28. The van der Waals surface area contributed by atoms with Crippen LogP contribution in [0.5, 0.6) is 5.75 Å². The van der Waals surface area contributed by atoms with Crippen LogP contribution in [0, 0.1) is 0 Å². The Labute approximate surface area is 196 Å². The Bertz CT molecular complexity index is 1260. The van der Waals surface area contributed by atoms with E-state index in [9.17, 15) is 4.79 Å². The number of halogens is 2. The molecule has 3 aromatic carbocycles. The van der Waals surface area contributed by atoms with Gasteiger partial charge in [0.15, 0.2) is 0 Å². The highest BCUT2D eigenvalue weighted by Gasteiger charge is 2.20. The van der Waals surface area contributed by atoms with E-state index in [1.807, 2.05) is 61.5 Å². The number of nitrogens with zero attached hydrogens (tertiary/aromatic N) is 2. The van der Waals surface area contributed by atoms with E-state index in [-0.39, 0.29) is 11.9 Å². The number of carbonyl (C=O) groups excluding carboxylic acids is 1. The number of hydrogen-bond acceptors (Lipinski definition) is 3. The maximum absolute atomic E-state index is 13.3. The van der Waals surface area contributed by atoms with Crippen LogP contribution in [0.15, 0.2) is 78.9 Å². The fourth-order valence-corrected chi connectivity index (χ4v) is 3.67. The van der Waals surface area contributed by atoms with Crippen molar-refractivity contribution in [3.05, 3.63) is 100 Å². The normalized spacial score (nSPS) is 11.8. The summed E-state index contributed by atoms with van der Waals surface area (Å²) in [4.78, 5) is 13.3. The molecule has 7 heteroatoms. The van der Waals surface area contributed by atoms with E-state index in [1.54, 1.807) is 36.1 Å². The largest absolute Gasteiger partial charge is 0.497 e. The lowest BCUT2D eigenvalue weighted by Gasteiger charge is -2.15. The van der Waals surface area contributed by atoms with Gasteiger partial charge in [0.1, 0.15) is 11.4 Å². The van der Waals surface area contributed by atoms with Crippen LogP contribution >= 0.6 is 23.2 Å². The lowest BCUT2D eigenvalue weighted by atomic mass is 10.1. The van der Waals surface area contributed by atoms with Crippen molar-refractivity contribution in [1.82, 2.24) is 15.1 Å². The smallest absolute Gasteiger partial charge is 0.270 e. The van der Waals surface area contributed by atoms with E-state index < -0.39 is 0 Å². The fourth-order valence-electron chi connectivity index (χ4n) is 3.38. The Morgan fingerprint density at radius 3 is 2.47 bits per heavy atom. The van der Waals surface area contributed by atoms with Crippen LogP contribution in [0.4, 0.5) is 0 Å². The molecule has 1 amide bonds. The third kappa shape index (κ3) is 4.64. The van der Waals surface area contributed by atoms with Gasteiger partial charge in [-0.05, 0) is 48.9 Å². The number of ether oxygens (including phenoxy) is 1. The highest BCUT2D eigenvalue weighted by molar-refractivity contribution is 6.42. The summed E-state index contributed by atoms with van der Waals surface area (Å²) in [7, 11) is 1.61. The molecule has 1 atom stereocenters. The molecule has 1 aromatic heterocycles. The van der Waals surface area contributed by atoms with Crippen LogP contribution in [-0.2, 0) is 0 Å². The molecule has 0 saturated carbocycles. The van der Waals surface area contributed by atoms with Crippen molar-refractivity contribution in [3.8, 4) is 22.7 Å². The Morgan fingerprint density at radius 1 is 0.969 bits per heavy atom. The number of amides is 1. The molecule has 162 valence electrons. The molecule has 0 fully saturated rings. The Balaban J connectivity index is 1.75. The van der Waals surface area contributed by atoms with Gasteiger partial charge in [-0.1, -0.05) is 65.7 Å². The topological polar surface area (TPSA) is 56.1 Å². The molecule has 32 heavy (non-hydrogen) atoms. The number of nitrogens with one attached hydrogen (secondary N) is 1. The maximum atomic E-state index is 13.3. The van der Waals surface area contributed by atoms with Crippen molar-refractivity contribution in [3.63, 3.8) is 0 Å². The molecule has 0 aliphatic carbocycles. The summed E-state index contributed by atoms with van der Waals surface area (Å²) in [6.07, 6.45) is 0. The summed E-state index contributed by atoms with van der Waals surface area (Å²) in [5.74, 6) is 0.448. The molecule has 1 unspecified atom stereocenters. The van der Waals surface area contributed by atoms with Crippen molar-refractivity contribution < 1.29 is 9.53 Å². The van der Waals surface area contributed by atoms with Gasteiger partial charge in [-0.15, -0.1) is 0 Å². The zero-order valence-corrected chi connectivity index (χ0v) is 19.1. The molecular formula is C25H21Cl2N3O2. The molecule has 0 aliphatic rings. The van der Waals surface area contributed by atoms with Crippen LogP contribution in [0.1, 0.15) is 29.0 Å². The van der Waals surface area contributed by atoms with E-state index in [0.717, 1.165) is 11.1 Å². The standard InChI is InChI=1S/C25H21Cl2N3O2/c1-16(17-7-4-3-5-8-17)28-25(31)24-15-23(18-9-6-10-20(13-18)32-2)29-30(24)19-11-12-21(26)22(27)14-19/h3-16H,1-2H3,(H,28,31). The molecule has 0 spiro atoms. The summed E-state index contributed by atoms with van der Waals surface area (Å²) < 4.78 is 6.90. The van der Waals surface area contributed by atoms with Crippen molar-refractivity contribution >= 4 is 29.1 Å². The van der Waals surface area contributed by atoms with Crippen molar-refractivity contribution in [2.24, 2.45) is 0 Å². The van der Waals surface area contributed by atoms with E-state index >= 15 is 0 Å². The average molecular weight is 466 g/mol. The first-order valence-electron chi connectivity index (χ1n) is 10.0. The lowest BCUT2D eigenvalue weighted by molar-refractivity contribution is 0.0932. The van der Waals surface area contributed by atoms with Gasteiger partial charge in [-0.25, -0.2) is 4.68 Å². The minimum absolute atomic E-state index is 0.180. The second kappa shape index (κ2) is 9.47. The molecule has 4 rings (SSSR count). The quantitative estimate of drug-likeness (QED) is 0.361. The summed E-state index contributed by atoms with van der Waals surface area (Å²) in [6, 6.07) is 24.0. The maximum Gasteiger partial charge on any atom is 0.270 e. The van der Waals surface area contributed by atoms with Gasteiger partial charge in [0.2, 0.25) is 0 Å². The van der Waals surface area contributed by atoms with Gasteiger partial charge in [0.25, 0.3) is 5.91 Å². The van der Waals surface area contributed by atoms with Gasteiger partial charge >= 0.3 is 0 Å². The fraction of sp³-hybridized carbons (Fsp3) is 0.120. The van der Waals surface area contributed by atoms with Crippen LogP contribution < -0.4 is 10.1 Å². The summed E-state index contributed by atoms with van der Waals surface area (Å²) in [5.41, 5.74) is 3.48. The first-order valence-corrected chi connectivity index (χ1v) is 10.8. The predicted molar refractivity (Wildman–Crippen MR) is 128 cm³/mol. The predicted octanol–water partition coefficient (Wildman–Crippen LogP) is 6.35. The number of rotatable bonds is 6. The van der Waals surface area contributed by atoms with Crippen molar-refractivity contribution in [2.75, 3.05) is 7.11 Å². The molecule has 1 N–H and O–H groups in total. The van der Waals surface area contributed by atoms with E-state index in [1.165, 1.54) is 0 Å². The number of methoxy groups -OCH3 is 1. The van der Waals surface area contributed by atoms with Gasteiger partial charge < -0.3 is 10.1 Å². The molecule has 0 saturated heterocycles. The Hall–Kier alpha value is -3.28. The van der Waals surface area contributed by atoms with Gasteiger partial charge in [-0.3, -0.25) is 4.79 Å². The molecule has 0 bridgehead atoms. The number of hydrogen-bond donors (Lipinski definition) is 1. The van der Waals surface area contributed by atoms with E-state index in [2.05, 4.69) is 5.32 Å². The molecular weight excluding hydrogens is 445 g/mol. The summed E-state index contributed by atoms with van der Waals surface area (Å²) in [5, 5.41) is 8.56. The second-order valence-electron chi connectivity index (χ2n) is 7.26. The molecule has 4 aromatic rings. The van der Waals surface area contributed by atoms with Crippen LogP contribution in [0.3, 0.4) is 0 Å². The zero-order valence-electron chi connectivity index (χ0n) is 17.5. The first-order chi connectivity index (χ1) is 15.5. The number of carbonyl (C=O) groups is 1. The highest BCUT2D eigenvalue weighted by Crippen LogP contribution is 2.28. The zero-order chi connectivity index (χ0) is 22.7.